The summed E-state index contributed by atoms with van der Waals surface area (Å²) in [6.07, 6.45) is 4.29. The maximum Gasteiger partial charge on any atom is 0.324 e. The molecule has 60 valence electrons. The molecule has 0 saturated heterocycles. The van der Waals surface area contributed by atoms with Crippen LogP contribution in [0.3, 0.4) is 0 Å². The van der Waals surface area contributed by atoms with Gasteiger partial charge in [0.25, 0.3) is 0 Å². The van der Waals surface area contributed by atoms with Crippen LogP contribution in [0.4, 0.5) is 0 Å². The van der Waals surface area contributed by atoms with E-state index >= 15 is 0 Å². The molecule has 0 aromatic heterocycles. The van der Waals surface area contributed by atoms with Crippen LogP contribution in [0.1, 0.15) is 32.1 Å². The number of hydrogen-bond donors (Lipinski definition) is 1. The number of rotatable bonds is 1. The Labute approximate surface area is 91.8 Å². The zero-order chi connectivity index (χ0) is 7.61. The normalized spacial score (nSPS) is 21.9. The average molecular weight is 363 g/mol. The van der Waals surface area contributed by atoms with E-state index in [1.54, 1.807) is 0 Å². The van der Waals surface area contributed by atoms with Gasteiger partial charge in [-0.3, -0.25) is 4.79 Å². The van der Waals surface area contributed by atoms with Gasteiger partial charge in [0.15, 0.2) is 0 Å². The molecule has 1 fully saturated rings. The third-order valence-electron chi connectivity index (χ3n) is 2.03. The molecule has 0 heterocycles. The second-order valence-corrected chi connectivity index (χ2v) is 3.55. The molecule has 2 nitrogen and oxygen atoms in total. The molecule has 0 radical (unpaired) electrons. The molecule has 0 unspecified atom stereocenters. The van der Waals surface area contributed by atoms with Crippen LogP contribution in [0, 0.1) is 0 Å². The molecule has 1 N–H and O–H groups in total. The molecule has 1 rings (SSSR count). The molecule has 0 aliphatic heterocycles. The number of aliphatic carboxylic acids is 1. The molecule has 1 saturated carbocycles. The van der Waals surface area contributed by atoms with Crippen LogP contribution < -0.4 is 0 Å². The number of carboxylic acid groups (broad SMARTS) is 1. The number of hydrogen-bond acceptors (Lipinski definition) is 1. The van der Waals surface area contributed by atoms with Gasteiger partial charge in [0.1, 0.15) is 4.87 Å². The van der Waals surface area contributed by atoms with E-state index in [2.05, 4.69) is 0 Å². The first-order valence-electron chi connectivity index (χ1n) is 3.57. The Kier molecular flexibility index (Phi) is 4.95. The van der Waals surface area contributed by atoms with Gasteiger partial charge in [0.2, 0.25) is 0 Å². The number of carbonyl (C=O) groups is 1. The minimum atomic E-state index is -0.932. The number of alkyl halides is 1. The van der Waals surface area contributed by atoms with Gasteiger partial charge in [-0.1, -0.05) is 19.3 Å². The van der Waals surface area contributed by atoms with Crippen LogP contribution in [0.5, 0.6) is 0 Å². The van der Waals surface area contributed by atoms with E-state index in [0.717, 1.165) is 19.3 Å². The fourth-order valence-corrected chi connectivity index (χ4v) is 1.59. The van der Waals surface area contributed by atoms with E-state index in [1.165, 1.54) is 0 Å². The van der Waals surface area contributed by atoms with Gasteiger partial charge in [-0.15, -0.1) is 11.6 Å². The molecule has 0 spiro atoms. The summed E-state index contributed by atoms with van der Waals surface area (Å²) in [6.45, 7) is 0. The minimum absolute atomic E-state index is 0. The van der Waals surface area contributed by atoms with Crippen LogP contribution in [-0.2, 0) is 32.5 Å². The number of carboxylic acids is 1. The molecule has 0 bridgehead atoms. The molecule has 1 aliphatic carbocycles. The van der Waals surface area contributed by atoms with Gasteiger partial charge in [0.05, 0.1) is 0 Å². The summed E-state index contributed by atoms with van der Waals surface area (Å²) >= 11 is 5.81. The largest absolute Gasteiger partial charge is 0.480 e. The molecule has 0 aromatic carbocycles. The smallest absolute Gasteiger partial charge is 0.324 e. The van der Waals surface area contributed by atoms with Crippen LogP contribution in [-0.4, -0.2) is 16.0 Å². The predicted octanol–water partition coefficient (Wildman–Crippen LogP) is 2.01. The molecule has 11 heavy (non-hydrogen) atoms. The van der Waals surface area contributed by atoms with E-state index < -0.39 is 10.8 Å². The summed E-state index contributed by atoms with van der Waals surface area (Å²) < 4.78 is 0. The second kappa shape index (κ2) is 4.66. The van der Waals surface area contributed by atoms with Crippen LogP contribution in [0.25, 0.3) is 0 Å². The zero-order valence-corrected chi connectivity index (χ0v) is 12.7. The third-order valence-corrected chi connectivity index (χ3v) is 2.57. The van der Waals surface area contributed by atoms with Gasteiger partial charge in [-0.05, 0) is 12.8 Å². The molecular formula is C7H11ClHgO2. The standard InChI is InChI=1S/C7H11ClO2.Hg/c8-7(6(9)10)4-2-1-3-5-7;/h1-5H2,(H,9,10);. The summed E-state index contributed by atoms with van der Waals surface area (Å²) in [7, 11) is 0. The van der Waals surface area contributed by atoms with E-state index in [0.29, 0.717) is 12.8 Å². The molecular weight excluding hydrogens is 352 g/mol. The molecule has 1 aliphatic rings. The summed E-state index contributed by atoms with van der Waals surface area (Å²) in [6, 6.07) is 0. The molecule has 4 heteroatoms. The first kappa shape index (κ1) is 11.7. The van der Waals surface area contributed by atoms with Gasteiger partial charge in [-0.2, -0.15) is 0 Å². The van der Waals surface area contributed by atoms with Gasteiger partial charge in [0, 0.05) is 27.7 Å². The average Bonchev–Trinajstić information content (AvgIpc) is 1.89. The van der Waals surface area contributed by atoms with Crippen molar-refractivity contribution in [1.82, 2.24) is 0 Å². The first-order valence-corrected chi connectivity index (χ1v) is 3.95. The van der Waals surface area contributed by atoms with Crippen molar-refractivity contribution < 1.29 is 37.6 Å². The Morgan fingerprint density at radius 3 is 2.00 bits per heavy atom. The van der Waals surface area contributed by atoms with E-state index in [9.17, 15) is 4.79 Å². The van der Waals surface area contributed by atoms with Gasteiger partial charge in [-0.25, -0.2) is 0 Å². The van der Waals surface area contributed by atoms with Crippen LogP contribution >= 0.6 is 11.6 Å². The number of halogens is 1. The summed E-state index contributed by atoms with van der Waals surface area (Å²) in [4.78, 5) is 9.61. The van der Waals surface area contributed by atoms with Crippen molar-refractivity contribution in [1.29, 1.82) is 0 Å². The van der Waals surface area contributed by atoms with Crippen LogP contribution in [0.15, 0.2) is 0 Å². The van der Waals surface area contributed by atoms with E-state index in [1.807, 2.05) is 0 Å². The Bertz CT molecular complexity index is 143. The molecule has 0 aromatic rings. The quantitative estimate of drug-likeness (QED) is 0.572. The SMILES string of the molecule is O=C(O)C1(Cl)CCCCC1.[Hg]. The van der Waals surface area contributed by atoms with Crippen molar-refractivity contribution in [3.05, 3.63) is 0 Å². The van der Waals surface area contributed by atoms with Crippen molar-refractivity contribution >= 4 is 17.6 Å². The van der Waals surface area contributed by atoms with Crippen molar-refractivity contribution in [3.63, 3.8) is 0 Å². The van der Waals surface area contributed by atoms with Crippen molar-refractivity contribution in [2.24, 2.45) is 0 Å². The fourth-order valence-electron chi connectivity index (χ4n) is 1.33. The summed E-state index contributed by atoms with van der Waals surface area (Å²) in [5.41, 5.74) is 0. The Morgan fingerprint density at radius 1 is 1.27 bits per heavy atom. The second-order valence-electron chi connectivity index (χ2n) is 2.83. The molecule has 0 atom stereocenters. The first-order chi connectivity index (χ1) is 4.65. The monoisotopic (exact) mass is 364 g/mol. The van der Waals surface area contributed by atoms with E-state index in [4.69, 9.17) is 16.7 Å². The van der Waals surface area contributed by atoms with E-state index in [-0.39, 0.29) is 27.7 Å². The summed E-state index contributed by atoms with van der Waals surface area (Å²) in [5.74, 6) is -0.853. The Balaban J connectivity index is 0.000001000. The zero-order valence-electron chi connectivity index (χ0n) is 6.48. The summed E-state index contributed by atoms with van der Waals surface area (Å²) in [5, 5.41) is 8.67. The van der Waals surface area contributed by atoms with Gasteiger partial charge >= 0.3 is 5.97 Å². The maximum atomic E-state index is 10.5. The third kappa shape index (κ3) is 2.90. The Hall–Kier alpha value is 0.695. The van der Waals surface area contributed by atoms with Crippen LogP contribution in [0.2, 0.25) is 0 Å². The Morgan fingerprint density at radius 2 is 1.73 bits per heavy atom. The minimum Gasteiger partial charge on any atom is -0.480 e. The fraction of sp³-hybridized carbons (Fsp3) is 0.857. The maximum absolute atomic E-state index is 10.5. The predicted molar refractivity (Wildman–Crippen MR) is 39.3 cm³/mol. The topological polar surface area (TPSA) is 37.3 Å². The van der Waals surface area contributed by atoms with Crippen molar-refractivity contribution in [2.45, 2.75) is 37.0 Å². The van der Waals surface area contributed by atoms with Crippen molar-refractivity contribution in [3.8, 4) is 0 Å². The van der Waals surface area contributed by atoms with Crippen molar-refractivity contribution in [2.75, 3.05) is 0 Å². The molecule has 0 amide bonds. The van der Waals surface area contributed by atoms with Gasteiger partial charge < -0.3 is 5.11 Å².